The van der Waals surface area contributed by atoms with Crippen LogP contribution in [0.25, 0.3) is 0 Å². The zero-order valence-electron chi connectivity index (χ0n) is 14.6. The Labute approximate surface area is 159 Å². The third kappa shape index (κ3) is 5.70. The van der Waals surface area contributed by atoms with Gasteiger partial charge in [0.2, 0.25) is 0 Å². The van der Waals surface area contributed by atoms with Crippen molar-refractivity contribution >= 4 is 24.2 Å². The summed E-state index contributed by atoms with van der Waals surface area (Å²) >= 11 is 0. The first-order valence-corrected chi connectivity index (χ1v) is 8.16. The average Bonchev–Trinajstić information content (AvgIpc) is 3.41. The first-order chi connectivity index (χ1) is 13.7. The van der Waals surface area contributed by atoms with Gasteiger partial charge in [-0.05, 0) is 48.5 Å². The van der Waals surface area contributed by atoms with Crippen LogP contribution in [-0.4, -0.2) is 30.9 Å². The second kappa shape index (κ2) is 9.53. The van der Waals surface area contributed by atoms with Crippen LogP contribution in [0.3, 0.4) is 0 Å². The number of hydrazone groups is 2. The molecule has 0 saturated carbocycles. The molecule has 0 aliphatic carbocycles. The van der Waals surface area contributed by atoms with Crippen molar-refractivity contribution < 1.29 is 23.2 Å². The summed E-state index contributed by atoms with van der Waals surface area (Å²) in [7, 11) is 0. The molecule has 0 spiro atoms. The Morgan fingerprint density at radius 3 is 2.07 bits per heavy atom. The molecule has 3 aromatic rings. The summed E-state index contributed by atoms with van der Waals surface area (Å²) < 4.78 is 15.4. The summed E-state index contributed by atoms with van der Waals surface area (Å²) in [6.07, 6.45) is 5.78. The number of furan rings is 2. The summed E-state index contributed by atoms with van der Waals surface area (Å²) in [5.41, 5.74) is 5.08. The SMILES string of the molecule is O=C(COc1ccc(C(=O)N/N=C\c2ccco2)cc1)N/N=C\c1ccco1. The molecule has 142 valence electrons. The molecule has 2 heterocycles. The molecule has 0 unspecified atom stereocenters. The van der Waals surface area contributed by atoms with Crippen LogP contribution in [0.5, 0.6) is 5.75 Å². The lowest BCUT2D eigenvalue weighted by Crippen LogP contribution is -2.24. The minimum absolute atomic E-state index is 0.228. The van der Waals surface area contributed by atoms with E-state index < -0.39 is 5.91 Å². The second-order valence-electron chi connectivity index (χ2n) is 5.34. The monoisotopic (exact) mass is 380 g/mol. The molecular weight excluding hydrogens is 364 g/mol. The van der Waals surface area contributed by atoms with E-state index in [4.69, 9.17) is 13.6 Å². The molecule has 0 aliphatic rings. The number of hydrogen-bond donors (Lipinski definition) is 2. The van der Waals surface area contributed by atoms with E-state index in [1.165, 1.54) is 25.0 Å². The Kier molecular flexibility index (Phi) is 6.34. The molecular formula is C19H16N4O5. The van der Waals surface area contributed by atoms with Crippen molar-refractivity contribution in [3.63, 3.8) is 0 Å². The molecule has 2 N–H and O–H groups in total. The number of nitrogens with zero attached hydrogens (tertiary/aromatic N) is 2. The van der Waals surface area contributed by atoms with Gasteiger partial charge in [-0.3, -0.25) is 9.59 Å². The highest BCUT2D eigenvalue weighted by Crippen LogP contribution is 2.12. The first kappa shape index (κ1) is 18.6. The van der Waals surface area contributed by atoms with Gasteiger partial charge in [0.1, 0.15) is 17.3 Å². The summed E-state index contributed by atoms with van der Waals surface area (Å²) in [4.78, 5) is 23.6. The molecule has 2 aromatic heterocycles. The van der Waals surface area contributed by atoms with Crippen molar-refractivity contribution in [3.05, 3.63) is 78.1 Å². The Hall–Kier alpha value is -4.14. The van der Waals surface area contributed by atoms with Crippen LogP contribution < -0.4 is 15.6 Å². The summed E-state index contributed by atoms with van der Waals surface area (Å²) in [5, 5.41) is 7.54. The predicted octanol–water partition coefficient (Wildman–Crippen LogP) is 2.17. The third-order valence-corrected chi connectivity index (χ3v) is 3.31. The van der Waals surface area contributed by atoms with E-state index in [9.17, 15) is 9.59 Å². The molecule has 0 radical (unpaired) electrons. The Bertz CT molecular complexity index is 945. The first-order valence-electron chi connectivity index (χ1n) is 8.16. The lowest BCUT2D eigenvalue weighted by atomic mass is 10.2. The molecule has 9 heteroatoms. The van der Waals surface area contributed by atoms with Crippen LogP contribution in [-0.2, 0) is 4.79 Å². The molecule has 1 aromatic carbocycles. The van der Waals surface area contributed by atoms with Gasteiger partial charge in [-0.1, -0.05) is 0 Å². The molecule has 0 saturated heterocycles. The summed E-state index contributed by atoms with van der Waals surface area (Å²) in [6.45, 7) is -0.228. The van der Waals surface area contributed by atoms with Crippen molar-refractivity contribution in [3.8, 4) is 5.75 Å². The van der Waals surface area contributed by atoms with E-state index in [0.717, 1.165) is 0 Å². The zero-order valence-corrected chi connectivity index (χ0v) is 14.6. The maximum Gasteiger partial charge on any atom is 0.277 e. The van der Waals surface area contributed by atoms with Gasteiger partial charge in [0.05, 0.1) is 25.0 Å². The molecule has 0 bridgehead atoms. The van der Waals surface area contributed by atoms with Crippen molar-refractivity contribution in [1.29, 1.82) is 0 Å². The average molecular weight is 380 g/mol. The van der Waals surface area contributed by atoms with Crippen LogP contribution in [0.4, 0.5) is 0 Å². The second-order valence-corrected chi connectivity index (χ2v) is 5.34. The van der Waals surface area contributed by atoms with E-state index in [1.807, 2.05) is 0 Å². The Morgan fingerprint density at radius 2 is 1.50 bits per heavy atom. The van der Waals surface area contributed by atoms with E-state index >= 15 is 0 Å². The molecule has 9 nitrogen and oxygen atoms in total. The standard InChI is InChI=1S/C19H16N4O5/c24-18(22-20-11-16-3-1-9-26-16)13-28-15-7-5-14(6-8-15)19(25)23-21-12-17-4-2-10-27-17/h1-12H,13H2,(H,22,24)(H,23,25)/b20-11-,21-12-. The third-order valence-electron chi connectivity index (χ3n) is 3.31. The van der Waals surface area contributed by atoms with Gasteiger partial charge in [0, 0.05) is 5.56 Å². The lowest BCUT2D eigenvalue weighted by Gasteiger charge is -2.06. The van der Waals surface area contributed by atoms with Crippen LogP contribution in [0.1, 0.15) is 21.9 Å². The van der Waals surface area contributed by atoms with E-state index in [-0.39, 0.29) is 12.5 Å². The molecule has 2 amide bonds. The molecule has 0 atom stereocenters. The van der Waals surface area contributed by atoms with Crippen LogP contribution >= 0.6 is 0 Å². The van der Waals surface area contributed by atoms with Gasteiger partial charge in [-0.25, -0.2) is 10.9 Å². The van der Waals surface area contributed by atoms with E-state index in [2.05, 4.69) is 21.1 Å². The van der Waals surface area contributed by atoms with E-state index in [1.54, 1.807) is 48.5 Å². The number of rotatable bonds is 8. The van der Waals surface area contributed by atoms with Crippen molar-refractivity contribution in [1.82, 2.24) is 10.9 Å². The van der Waals surface area contributed by atoms with Crippen molar-refractivity contribution in [2.24, 2.45) is 10.2 Å². The lowest BCUT2D eigenvalue weighted by molar-refractivity contribution is -0.123. The van der Waals surface area contributed by atoms with Crippen LogP contribution in [0.2, 0.25) is 0 Å². The fraction of sp³-hybridized carbons (Fsp3) is 0.0526. The summed E-state index contributed by atoms with van der Waals surface area (Å²) in [5.74, 6) is 0.649. The van der Waals surface area contributed by atoms with Crippen molar-refractivity contribution in [2.45, 2.75) is 0 Å². The fourth-order valence-electron chi connectivity index (χ4n) is 2.00. The highest BCUT2D eigenvalue weighted by molar-refractivity contribution is 5.94. The molecule has 28 heavy (non-hydrogen) atoms. The fourth-order valence-corrected chi connectivity index (χ4v) is 2.00. The number of carbonyl (C=O) groups is 2. The molecule has 0 aliphatic heterocycles. The smallest absolute Gasteiger partial charge is 0.277 e. The van der Waals surface area contributed by atoms with Gasteiger partial charge < -0.3 is 13.6 Å². The number of carbonyl (C=O) groups excluding carboxylic acids is 2. The van der Waals surface area contributed by atoms with Gasteiger partial charge in [0.15, 0.2) is 6.61 Å². The van der Waals surface area contributed by atoms with Crippen LogP contribution in [0, 0.1) is 0 Å². The minimum Gasteiger partial charge on any atom is -0.484 e. The normalized spacial score (nSPS) is 11.0. The van der Waals surface area contributed by atoms with Crippen LogP contribution in [0.15, 0.2) is 80.1 Å². The van der Waals surface area contributed by atoms with Crippen molar-refractivity contribution in [2.75, 3.05) is 6.61 Å². The molecule has 0 fully saturated rings. The number of amides is 2. The van der Waals surface area contributed by atoms with Gasteiger partial charge >= 0.3 is 0 Å². The minimum atomic E-state index is -0.433. The number of hydrogen-bond acceptors (Lipinski definition) is 7. The highest BCUT2D eigenvalue weighted by atomic mass is 16.5. The van der Waals surface area contributed by atoms with Gasteiger partial charge in [-0.2, -0.15) is 10.2 Å². The van der Waals surface area contributed by atoms with Gasteiger partial charge in [0.25, 0.3) is 11.8 Å². The predicted molar refractivity (Wildman–Crippen MR) is 100 cm³/mol. The highest BCUT2D eigenvalue weighted by Gasteiger charge is 2.06. The zero-order chi connectivity index (χ0) is 19.6. The largest absolute Gasteiger partial charge is 0.484 e. The van der Waals surface area contributed by atoms with E-state index in [0.29, 0.717) is 22.8 Å². The summed E-state index contributed by atoms with van der Waals surface area (Å²) in [6, 6.07) is 13.1. The topological polar surface area (TPSA) is 118 Å². The number of ether oxygens (including phenoxy) is 1. The number of benzene rings is 1. The quantitative estimate of drug-likeness (QED) is 0.459. The maximum atomic E-state index is 12.0. The van der Waals surface area contributed by atoms with Gasteiger partial charge in [-0.15, -0.1) is 0 Å². The molecule has 3 rings (SSSR count). The maximum absolute atomic E-state index is 12.0. The Balaban J connectivity index is 1.42. The Morgan fingerprint density at radius 1 is 0.893 bits per heavy atom. The number of nitrogens with one attached hydrogen (secondary N) is 2.